The van der Waals surface area contributed by atoms with Gasteiger partial charge >= 0.3 is 0 Å². The van der Waals surface area contributed by atoms with E-state index in [1.54, 1.807) is 0 Å². The summed E-state index contributed by atoms with van der Waals surface area (Å²) < 4.78 is 0. The van der Waals surface area contributed by atoms with Crippen LogP contribution in [0.4, 0.5) is 0 Å². The summed E-state index contributed by atoms with van der Waals surface area (Å²) in [5.41, 5.74) is 9.52. The van der Waals surface area contributed by atoms with E-state index in [1.807, 2.05) is 0 Å². The van der Waals surface area contributed by atoms with E-state index in [9.17, 15) is 0 Å². The highest BCUT2D eigenvalue weighted by Gasteiger charge is 2.12. The molecule has 1 nitrogen and oxygen atoms in total. The van der Waals surface area contributed by atoms with Crippen molar-refractivity contribution in [2.24, 2.45) is 0 Å². The summed E-state index contributed by atoms with van der Waals surface area (Å²) >= 11 is 0. The Hall–Kier alpha value is -3.19. The van der Waals surface area contributed by atoms with Crippen LogP contribution in [-0.2, 0) is 0 Å². The van der Waals surface area contributed by atoms with Gasteiger partial charge < -0.3 is 0 Å². The van der Waals surface area contributed by atoms with E-state index in [0.29, 0.717) is 0 Å². The Kier molecular flexibility index (Phi) is 3.07. The highest BCUT2D eigenvalue weighted by molar-refractivity contribution is 6.04. The van der Waals surface area contributed by atoms with E-state index < -0.39 is 0 Å². The van der Waals surface area contributed by atoms with Gasteiger partial charge in [-0.25, -0.2) is 4.98 Å². The molecule has 25 heavy (non-hydrogen) atoms. The Morgan fingerprint density at radius 3 is 2.24 bits per heavy atom. The minimum atomic E-state index is 1.03. The standard InChI is InChI=1S/C24H17N/c1-16-5-2-7-18(13-16)19-8-3-9-20(14-19)23-15-21-12-11-17-6-4-10-22(25-23)24(17)21/h2-15H,1H3. The quantitative estimate of drug-likeness (QED) is 0.369. The second kappa shape index (κ2) is 5.42. The van der Waals surface area contributed by atoms with Gasteiger partial charge in [0.05, 0.1) is 11.2 Å². The van der Waals surface area contributed by atoms with Crippen LogP contribution in [0, 0.1) is 6.92 Å². The lowest BCUT2D eigenvalue weighted by molar-refractivity contribution is 1.39. The molecule has 0 fully saturated rings. The first-order valence-electron chi connectivity index (χ1n) is 8.57. The molecule has 1 aliphatic rings. The lowest BCUT2D eigenvalue weighted by atomic mass is 9.99. The van der Waals surface area contributed by atoms with Crippen LogP contribution >= 0.6 is 0 Å². The van der Waals surface area contributed by atoms with E-state index in [4.69, 9.17) is 4.98 Å². The molecule has 0 atom stereocenters. The van der Waals surface area contributed by atoms with Crippen LogP contribution in [0.3, 0.4) is 0 Å². The summed E-state index contributed by atoms with van der Waals surface area (Å²) in [4.78, 5) is 4.92. The number of aryl methyl sites for hydroxylation is 1. The number of rotatable bonds is 2. The molecule has 118 valence electrons. The smallest absolute Gasteiger partial charge is 0.0721 e. The van der Waals surface area contributed by atoms with Crippen molar-refractivity contribution in [1.29, 1.82) is 0 Å². The monoisotopic (exact) mass is 319 g/mol. The van der Waals surface area contributed by atoms with Crippen LogP contribution in [0.15, 0.2) is 72.8 Å². The van der Waals surface area contributed by atoms with Crippen molar-refractivity contribution in [3.8, 4) is 22.4 Å². The Morgan fingerprint density at radius 1 is 0.640 bits per heavy atom. The molecular formula is C24H17N. The molecule has 0 N–H and O–H groups in total. The Bertz CT molecular complexity index is 1150. The van der Waals surface area contributed by atoms with E-state index in [-0.39, 0.29) is 0 Å². The van der Waals surface area contributed by atoms with Gasteiger partial charge in [0, 0.05) is 10.9 Å². The van der Waals surface area contributed by atoms with Crippen molar-refractivity contribution in [2.75, 3.05) is 0 Å². The molecule has 1 aliphatic carbocycles. The van der Waals surface area contributed by atoms with Crippen LogP contribution in [0.1, 0.15) is 16.7 Å². The van der Waals surface area contributed by atoms with Crippen molar-refractivity contribution in [3.63, 3.8) is 0 Å². The molecular weight excluding hydrogens is 302 g/mol. The molecule has 1 heteroatoms. The van der Waals surface area contributed by atoms with Gasteiger partial charge in [0.2, 0.25) is 0 Å². The van der Waals surface area contributed by atoms with Gasteiger partial charge in [-0.2, -0.15) is 0 Å². The highest BCUT2D eigenvalue weighted by atomic mass is 14.7. The number of pyridine rings is 1. The SMILES string of the molecule is Cc1cccc(-c2cccc(-c3cc4c5c(cccc5n3)C=C4)c2)c1. The first-order valence-corrected chi connectivity index (χ1v) is 8.57. The van der Waals surface area contributed by atoms with Gasteiger partial charge in [-0.05, 0) is 47.4 Å². The average molecular weight is 319 g/mol. The fourth-order valence-corrected chi connectivity index (χ4v) is 3.63. The van der Waals surface area contributed by atoms with E-state index in [1.165, 1.54) is 33.2 Å². The predicted molar refractivity (Wildman–Crippen MR) is 106 cm³/mol. The molecule has 0 bridgehead atoms. The van der Waals surface area contributed by atoms with Crippen molar-refractivity contribution in [3.05, 3.63) is 89.5 Å². The molecule has 1 aromatic heterocycles. The lowest BCUT2D eigenvalue weighted by Gasteiger charge is -2.09. The number of nitrogens with zero attached hydrogens (tertiary/aromatic N) is 1. The highest BCUT2D eigenvalue weighted by Crippen LogP contribution is 2.34. The van der Waals surface area contributed by atoms with Gasteiger partial charge in [-0.3, -0.25) is 0 Å². The lowest BCUT2D eigenvalue weighted by Crippen LogP contribution is -1.89. The van der Waals surface area contributed by atoms with Gasteiger partial charge in [0.25, 0.3) is 0 Å². The molecule has 4 aromatic rings. The summed E-state index contributed by atoms with van der Waals surface area (Å²) in [5, 5.41) is 1.26. The minimum Gasteiger partial charge on any atom is -0.248 e. The fraction of sp³-hybridized carbons (Fsp3) is 0.0417. The largest absolute Gasteiger partial charge is 0.248 e. The van der Waals surface area contributed by atoms with Crippen LogP contribution in [0.25, 0.3) is 45.4 Å². The second-order valence-electron chi connectivity index (χ2n) is 6.62. The first kappa shape index (κ1) is 14.2. The van der Waals surface area contributed by atoms with Gasteiger partial charge in [0.1, 0.15) is 0 Å². The molecule has 0 radical (unpaired) electrons. The molecule has 5 rings (SSSR count). The van der Waals surface area contributed by atoms with E-state index >= 15 is 0 Å². The molecule has 0 amide bonds. The van der Waals surface area contributed by atoms with Crippen LogP contribution in [-0.4, -0.2) is 4.98 Å². The molecule has 0 spiro atoms. The van der Waals surface area contributed by atoms with Crippen molar-refractivity contribution in [2.45, 2.75) is 6.92 Å². The Labute approximate surface area is 147 Å². The summed E-state index contributed by atoms with van der Waals surface area (Å²) in [6.07, 6.45) is 4.36. The zero-order valence-electron chi connectivity index (χ0n) is 14.0. The molecule has 1 heterocycles. The maximum absolute atomic E-state index is 4.92. The number of aromatic nitrogens is 1. The zero-order chi connectivity index (χ0) is 16.8. The van der Waals surface area contributed by atoms with Gasteiger partial charge in [0.15, 0.2) is 0 Å². The first-order chi connectivity index (χ1) is 12.3. The van der Waals surface area contributed by atoms with E-state index in [2.05, 4.69) is 91.9 Å². The Morgan fingerprint density at radius 2 is 1.36 bits per heavy atom. The minimum absolute atomic E-state index is 1.03. The molecule has 0 saturated carbocycles. The molecule has 0 saturated heterocycles. The third kappa shape index (κ3) is 2.36. The maximum atomic E-state index is 4.92. The van der Waals surface area contributed by atoms with Crippen molar-refractivity contribution >= 4 is 23.1 Å². The van der Waals surface area contributed by atoms with Crippen molar-refractivity contribution in [1.82, 2.24) is 4.98 Å². The number of hydrogen-bond acceptors (Lipinski definition) is 1. The summed E-state index contributed by atoms with van der Waals surface area (Å²) in [7, 11) is 0. The number of benzene rings is 3. The third-order valence-corrected chi connectivity index (χ3v) is 4.85. The Balaban J connectivity index is 1.67. The average Bonchev–Trinajstić information content (AvgIpc) is 3.07. The second-order valence-corrected chi connectivity index (χ2v) is 6.62. The maximum Gasteiger partial charge on any atom is 0.0721 e. The fourth-order valence-electron chi connectivity index (χ4n) is 3.63. The van der Waals surface area contributed by atoms with Crippen LogP contribution < -0.4 is 0 Å². The van der Waals surface area contributed by atoms with Crippen LogP contribution in [0.2, 0.25) is 0 Å². The third-order valence-electron chi connectivity index (χ3n) is 4.85. The predicted octanol–water partition coefficient (Wildman–Crippen LogP) is 6.36. The molecule has 0 aliphatic heterocycles. The van der Waals surface area contributed by atoms with Crippen molar-refractivity contribution < 1.29 is 0 Å². The topological polar surface area (TPSA) is 12.9 Å². The summed E-state index contributed by atoms with van der Waals surface area (Å²) in [5.74, 6) is 0. The zero-order valence-corrected chi connectivity index (χ0v) is 14.0. The molecule has 3 aromatic carbocycles. The van der Waals surface area contributed by atoms with Gasteiger partial charge in [-0.15, -0.1) is 0 Å². The van der Waals surface area contributed by atoms with Crippen LogP contribution in [0.5, 0.6) is 0 Å². The molecule has 0 unspecified atom stereocenters. The summed E-state index contributed by atoms with van der Waals surface area (Å²) in [6.45, 7) is 2.13. The number of hydrogen-bond donors (Lipinski definition) is 0. The van der Waals surface area contributed by atoms with Gasteiger partial charge in [-0.1, -0.05) is 72.3 Å². The summed E-state index contributed by atoms with van der Waals surface area (Å²) in [6, 6.07) is 25.8. The normalized spacial score (nSPS) is 12.0. The van der Waals surface area contributed by atoms with E-state index in [0.717, 1.165) is 16.8 Å².